The lowest BCUT2D eigenvalue weighted by Gasteiger charge is -2.15. The second-order valence-corrected chi connectivity index (χ2v) is 5.00. The van der Waals surface area contributed by atoms with Crippen molar-refractivity contribution in [2.24, 2.45) is 0 Å². The van der Waals surface area contributed by atoms with Crippen molar-refractivity contribution < 1.29 is 0 Å². The Hall–Kier alpha value is -2.56. The summed E-state index contributed by atoms with van der Waals surface area (Å²) in [7, 11) is 5.72. The van der Waals surface area contributed by atoms with Gasteiger partial charge in [-0.1, -0.05) is 24.8 Å². The maximum Gasteiger partial charge on any atom is 0.158 e. The molecule has 2 radical (unpaired) electrons. The van der Waals surface area contributed by atoms with Crippen LogP contribution in [0.25, 0.3) is 11.8 Å². The zero-order valence-corrected chi connectivity index (χ0v) is 12.1. The van der Waals surface area contributed by atoms with E-state index in [-0.39, 0.29) is 0 Å². The van der Waals surface area contributed by atoms with E-state index in [1.165, 1.54) is 0 Å². The summed E-state index contributed by atoms with van der Waals surface area (Å²) >= 11 is 0. The van der Waals surface area contributed by atoms with Crippen LogP contribution in [-0.4, -0.2) is 17.8 Å². The number of rotatable bonds is 4. The van der Waals surface area contributed by atoms with Crippen molar-refractivity contribution in [1.29, 1.82) is 0 Å². The van der Waals surface area contributed by atoms with Crippen molar-refractivity contribution in [2.75, 3.05) is 5.32 Å². The lowest BCUT2D eigenvalue weighted by Crippen LogP contribution is -2.14. The van der Waals surface area contributed by atoms with Crippen LogP contribution in [0.3, 0.4) is 0 Å². The van der Waals surface area contributed by atoms with E-state index in [2.05, 4.69) is 53.2 Å². The standard InChI is InChI=1S/C16H15BN4/c1-4-11-6-5-9(2)14(10(11)3)21-16-15(12-7-18-12)20-13(17)8-19-16/h4-8,18H,1H2,2-3H3,(H,19,21). The summed E-state index contributed by atoms with van der Waals surface area (Å²) in [6.07, 6.45) is 5.27. The van der Waals surface area contributed by atoms with Crippen molar-refractivity contribution in [1.82, 2.24) is 15.3 Å². The molecule has 0 saturated heterocycles. The first-order valence-electron chi connectivity index (χ1n) is 6.69. The van der Waals surface area contributed by atoms with E-state index >= 15 is 0 Å². The molecule has 0 unspecified atom stereocenters. The van der Waals surface area contributed by atoms with Crippen molar-refractivity contribution >= 4 is 36.7 Å². The second kappa shape index (κ2) is 5.09. The van der Waals surface area contributed by atoms with Gasteiger partial charge in [-0.25, -0.2) is 4.98 Å². The third-order valence-electron chi connectivity index (χ3n) is 3.51. The molecule has 0 saturated carbocycles. The fraction of sp³-hybridized carbons (Fsp3) is 0.125. The van der Waals surface area contributed by atoms with E-state index in [1.807, 2.05) is 12.3 Å². The third kappa shape index (κ3) is 2.54. The van der Waals surface area contributed by atoms with Gasteiger partial charge in [0.05, 0.1) is 5.70 Å². The van der Waals surface area contributed by atoms with Crippen LogP contribution in [-0.2, 0) is 0 Å². The van der Waals surface area contributed by atoms with Gasteiger partial charge >= 0.3 is 0 Å². The molecule has 0 fully saturated rings. The normalized spacial score (nSPS) is 12.4. The fourth-order valence-corrected chi connectivity index (χ4v) is 2.25. The zero-order valence-electron chi connectivity index (χ0n) is 12.1. The maximum atomic E-state index is 5.72. The van der Waals surface area contributed by atoms with Gasteiger partial charge in [0.2, 0.25) is 0 Å². The topological polar surface area (TPSA) is 59.8 Å². The predicted molar refractivity (Wildman–Crippen MR) is 87.8 cm³/mol. The Kier molecular flexibility index (Phi) is 3.25. The smallest absolute Gasteiger partial charge is 0.158 e. The fourth-order valence-electron chi connectivity index (χ4n) is 2.25. The number of aromatic nitrogens is 2. The molecule has 3 rings (SSSR count). The Labute approximate surface area is 125 Å². The van der Waals surface area contributed by atoms with Gasteiger partial charge < -0.3 is 10.6 Å². The number of anilines is 2. The first-order valence-corrected chi connectivity index (χ1v) is 6.69. The minimum Gasteiger partial charge on any atom is -0.357 e. The van der Waals surface area contributed by atoms with Crippen molar-refractivity contribution in [3.63, 3.8) is 0 Å². The molecule has 2 N–H and O–H groups in total. The van der Waals surface area contributed by atoms with Crippen LogP contribution in [0.5, 0.6) is 0 Å². The first kappa shape index (κ1) is 13.4. The SMILES string of the molecule is [B]c1cnc(Nc2c(C)ccc(C=C)c2C)c(C2=CN2)n1. The number of hydrogen-bond donors (Lipinski definition) is 2. The molecular weight excluding hydrogens is 259 g/mol. The Morgan fingerprint density at radius 3 is 2.76 bits per heavy atom. The lowest BCUT2D eigenvalue weighted by molar-refractivity contribution is 1.19. The Morgan fingerprint density at radius 1 is 1.33 bits per heavy atom. The highest BCUT2D eigenvalue weighted by Crippen LogP contribution is 2.30. The van der Waals surface area contributed by atoms with Crippen molar-refractivity contribution in [2.45, 2.75) is 13.8 Å². The van der Waals surface area contributed by atoms with Crippen LogP contribution in [0.15, 0.2) is 31.1 Å². The van der Waals surface area contributed by atoms with E-state index in [9.17, 15) is 0 Å². The molecule has 5 heteroatoms. The van der Waals surface area contributed by atoms with Crippen LogP contribution >= 0.6 is 0 Å². The monoisotopic (exact) mass is 274 g/mol. The summed E-state index contributed by atoms with van der Waals surface area (Å²) in [4.78, 5) is 8.70. The molecule has 0 spiro atoms. The van der Waals surface area contributed by atoms with Crippen LogP contribution in [0.1, 0.15) is 22.4 Å². The highest BCUT2D eigenvalue weighted by molar-refractivity contribution is 6.30. The molecule has 102 valence electrons. The van der Waals surface area contributed by atoms with E-state index in [4.69, 9.17) is 7.85 Å². The van der Waals surface area contributed by atoms with Crippen LogP contribution in [0.2, 0.25) is 0 Å². The van der Waals surface area contributed by atoms with Crippen molar-refractivity contribution in [3.05, 3.63) is 53.5 Å². The predicted octanol–water partition coefficient (Wildman–Crippen LogP) is 2.18. The van der Waals surface area contributed by atoms with Gasteiger partial charge in [0, 0.05) is 23.7 Å². The molecule has 0 amide bonds. The van der Waals surface area contributed by atoms with E-state index in [0.717, 1.165) is 33.8 Å². The van der Waals surface area contributed by atoms with Crippen LogP contribution in [0, 0.1) is 13.8 Å². The van der Waals surface area contributed by atoms with E-state index in [0.29, 0.717) is 11.4 Å². The Bertz CT molecular complexity index is 765. The number of nitrogens with zero attached hydrogens (tertiary/aromatic N) is 2. The van der Waals surface area contributed by atoms with Gasteiger partial charge in [0.25, 0.3) is 0 Å². The summed E-state index contributed by atoms with van der Waals surface area (Å²) in [5.74, 6) is 0.688. The zero-order chi connectivity index (χ0) is 15.0. The number of aryl methyl sites for hydroxylation is 1. The number of hydrogen-bond acceptors (Lipinski definition) is 4. The molecule has 4 nitrogen and oxygen atoms in total. The molecule has 0 aliphatic carbocycles. The second-order valence-electron chi connectivity index (χ2n) is 5.00. The van der Waals surface area contributed by atoms with Crippen molar-refractivity contribution in [3.8, 4) is 0 Å². The maximum absolute atomic E-state index is 5.72. The van der Waals surface area contributed by atoms with Gasteiger partial charge in [0.15, 0.2) is 5.82 Å². The molecule has 0 bridgehead atoms. The quantitative estimate of drug-likeness (QED) is 0.839. The number of benzene rings is 1. The highest BCUT2D eigenvalue weighted by Gasteiger charge is 2.18. The first-order chi connectivity index (χ1) is 10.1. The Morgan fingerprint density at radius 2 is 2.10 bits per heavy atom. The highest BCUT2D eigenvalue weighted by atomic mass is 15.1. The van der Waals surface area contributed by atoms with Gasteiger partial charge in [0.1, 0.15) is 13.5 Å². The summed E-state index contributed by atoms with van der Waals surface area (Å²) < 4.78 is 0. The molecule has 1 aliphatic rings. The lowest BCUT2D eigenvalue weighted by atomic mass is 10.0. The average Bonchev–Trinajstić information content (AvgIpc) is 3.29. The molecule has 0 atom stereocenters. The van der Waals surface area contributed by atoms with Gasteiger partial charge in [-0.2, -0.15) is 0 Å². The summed E-state index contributed by atoms with van der Waals surface area (Å²) in [6.45, 7) is 7.96. The molecule has 1 aromatic heterocycles. The third-order valence-corrected chi connectivity index (χ3v) is 3.51. The molecule has 1 aromatic carbocycles. The minimum atomic E-state index is 0.401. The molecule has 2 heterocycles. The minimum absolute atomic E-state index is 0.401. The molecule has 21 heavy (non-hydrogen) atoms. The summed E-state index contributed by atoms with van der Waals surface area (Å²) in [6, 6.07) is 4.12. The van der Waals surface area contributed by atoms with E-state index in [1.54, 1.807) is 6.20 Å². The van der Waals surface area contributed by atoms with Gasteiger partial charge in [-0.05, 0) is 30.5 Å². The molecular formula is C16H15BN4. The summed E-state index contributed by atoms with van der Waals surface area (Å²) in [5, 5.41) is 6.41. The number of nitrogens with one attached hydrogen (secondary N) is 2. The van der Waals surface area contributed by atoms with Gasteiger partial charge in [-0.15, -0.1) is 0 Å². The Balaban J connectivity index is 2.05. The average molecular weight is 274 g/mol. The van der Waals surface area contributed by atoms with Gasteiger partial charge in [-0.3, -0.25) is 4.98 Å². The van der Waals surface area contributed by atoms with Crippen LogP contribution in [0.4, 0.5) is 11.5 Å². The van der Waals surface area contributed by atoms with Crippen LogP contribution < -0.4 is 16.2 Å². The summed E-state index contributed by atoms with van der Waals surface area (Å²) in [5.41, 5.74) is 6.46. The molecule has 2 aromatic rings. The largest absolute Gasteiger partial charge is 0.357 e. The van der Waals surface area contributed by atoms with E-state index < -0.39 is 0 Å². The molecule has 1 aliphatic heterocycles.